The van der Waals surface area contributed by atoms with Gasteiger partial charge < -0.3 is 9.64 Å². The van der Waals surface area contributed by atoms with Crippen LogP contribution in [0.4, 0.5) is 18.9 Å². The molecular weight excluding hydrogens is 377 g/mol. The van der Waals surface area contributed by atoms with Crippen molar-refractivity contribution < 1.29 is 17.9 Å². The molecule has 9 heteroatoms. The van der Waals surface area contributed by atoms with Gasteiger partial charge >= 0.3 is 6.18 Å². The van der Waals surface area contributed by atoms with Crippen LogP contribution in [0.25, 0.3) is 0 Å². The van der Waals surface area contributed by atoms with Crippen LogP contribution in [0, 0.1) is 6.92 Å². The fourth-order valence-electron chi connectivity index (χ4n) is 2.01. The molecule has 0 bridgehead atoms. The van der Waals surface area contributed by atoms with Gasteiger partial charge in [0.1, 0.15) is 11.3 Å². The van der Waals surface area contributed by atoms with E-state index in [1.165, 1.54) is 12.4 Å². The number of aryl methyl sites for hydroxylation is 1. The van der Waals surface area contributed by atoms with E-state index in [-0.39, 0.29) is 22.0 Å². The van der Waals surface area contributed by atoms with Crippen LogP contribution in [0.2, 0.25) is 0 Å². The van der Waals surface area contributed by atoms with E-state index in [4.69, 9.17) is 4.74 Å². The van der Waals surface area contributed by atoms with Gasteiger partial charge in [-0.05, 0) is 31.5 Å². The molecule has 2 rings (SSSR count). The summed E-state index contributed by atoms with van der Waals surface area (Å²) < 4.78 is 50.3. The Morgan fingerprint density at radius 1 is 1.26 bits per heavy atom. The van der Waals surface area contributed by atoms with E-state index in [0.717, 1.165) is 17.6 Å². The lowest BCUT2D eigenvalue weighted by atomic mass is 9.96. The number of alkyl halides is 3. The van der Waals surface area contributed by atoms with Crippen molar-refractivity contribution in [1.29, 1.82) is 0 Å². The molecule has 0 fully saturated rings. The molecule has 27 heavy (non-hydrogen) atoms. The quantitative estimate of drug-likeness (QED) is 0.487. The Morgan fingerprint density at radius 3 is 2.44 bits per heavy atom. The van der Waals surface area contributed by atoms with Gasteiger partial charge in [0, 0.05) is 30.5 Å². The van der Waals surface area contributed by atoms with Crippen molar-refractivity contribution in [2.75, 3.05) is 13.6 Å². The van der Waals surface area contributed by atoms with Crippen LogP contribution in [0.1, 0.15) is 44.6 Å². The molecule has 0 saturated carbocycles. The van der Waals surface area contributed by atoms with E-state index in [1.54, 1.807) is 18.9 Å². The molecular formula is C18H23F3N4OS. The normalized spacial score (nSPS) is 12.6. The van der Waals surface area contributed by atoms with Gasteiger partial charge in [0.15, 0.2) is 5.82 Å². The maximum atomic E-state index is 13.5. The Kier molecular flexibility index (Phi) is 6.14. The van der Waals surface area contributed by atoms with Gasteiger partial charge in [-0.15, -0.1) is 0 Å². The van der Waals surface area contributed by atoms with Crippen molar-refractivity contribution in [3.05, 3.63) is 29.1 Å². The molecule has 5 nitrogen and oxygen atoms in total. The summed E-state index contributed by atoms with van der Waals surface area (Å²) in [6.07, 6.45) is -3.08. The average Bonchev–Trinajstić information content (AvgIpc) is 3.01. The second-order valence-electron chi connectivity index (χ2n) is 7.19. The summed E-state index contributed by atoms with van der Waals surface area (Å²) in [6, 6.07) is 2.33. The highest BCUT2D eigenvalue weighted by Crippen LogP contribution is 2.42. The fourth-order valence-corrected chi connectivity index (χ4v) is 2.74. The van der Waals surface area contributed by atoms with Crippen LogP contribution in [-0.2, 0) is 11.6 Å². The summed E-state index contributed by atoms with van der Waals surface area (Å²) in [4.78, 5) is 10.1. The maximum absolute atomic E-state index is 13.5. The Hall–Kier alpha value is -2.16. The standard InChI is InChI=1S/C18H23F3N4OS/c1-7-25(6)10-22-13-9-12(18(19,20)21)14(8-11(13)2)26-16-23-15(24-27-16)17(3,4)5/h8-10H,7H2,1-6H3/b22-10-. The zero-order valence-corrected chi connectivity index (χ0v) is 17.0. The Labute approximate surface area is 161 Å². The largest absolute Gasteiger partial charge is 0.429 e. The smallest absolute Gasteiger partial charge is 0.420 e. The second-order valence-corrected chi connectivity index (χ2v) is 7.90. The van der Waals surface area contributed by atoms with Crippen molar-refractivity contribution in [2.45, 2.75) is 46.2 Å². The van der Waals surface area contributed by atoms with E-state index in [2.05, 4.69) is 14.3 Å². The number of halogens is 3. The molecule has 2 aromatic rings. The summed E-state index contributed by atoms with van der Waals surface area (Å²) >= 11 is 0.931. The Morgan fingerprint density at radius 2 is 1.93 bits per heavy atom. The molecule has 0 unspecified atom stereocenters. The highest BCUT2D eigenvalue weighted by Gasteiger charge is 2.36. The zero-order chi connectivity index (χ0) is 20.4. The lowest BCUT2D eigenvalue weighted by Gasteiger charge is -2.15. The number of benzene rings is 1. The predicted molar refractivity (Wildman–Crippen MR) is 101 cm³/mol. The molecule has 0 aliphatic rings. The number of hydrogen-bond acceptors (Lipinski definition) is 5. The molecule has 0 amide bonds. The van der Waals surface area contributed by atoms with Gasteiger partial charge in [-0.3, -0.25) is 0 Å². The number of aromatic nitrogens is 2. The first-order valence-electron chi connectivity index (χ1n) is 8.40. The van der Waals surface area contributed by atoms with Crippen molar-refractivity contribution in [3.63, 3.8) is 0 Å². The summed E-state index contributed by atoms with van der Waals surface area (Å²) in [7, 11) is 1.79. The van der Waals surface area contributed by atoms with Gasteiger partial charge in [0.05, 0.1) is 12.0 Å². The third-order valence-electron chi connectivity index (χ3n) is 3.77. The first kappa shape index (κ1) is 21.1. The molecule has 0 aliphatic heterocycles. The summed E-state index contributed by atoms with van der Waals surface area (Å²) in [5.74, 6) is 0.219. The van der Waals surface area contributed by atoms with Crippen LogP contribution >= 0.6 is 11.5 Å². The number of hydrogen-bond donors (Lipinski definition) is 0. The number of ether oxygens (including phenoxy) is 1. The summed E-state index contributed by atoms with van der Waals surface area (Å²) in [6.45, 7) is 10.1. The number of nitrogens with zero attached hydrogens (tertiary/aromatic N) is 4. The molecule has 1 heterocycles. The highest BCUT2D eigenvalue weighted by molar-refractivity contribution is 7.07. The average molecular weight is 400 g/mol. The number of aliphatic imine (C=N–C) groups is 1. The SMILES string of the molecule is CCN(C)/C=N\c1cc(C(F)(F)F)c(Oc2nc(C(C)(C)C)ns2)cc1C. The highest BCUT2D eigenvalue weighted by atomic mass is 32.1. The molecule has 0 N–H and O–H groups in total. The topological polar surface area (TPSA) is 50.6 Å². The fraction of sp³-hybridized carbons (Fsp3) is 0.500. The van der Waals surface area contributed by atoms with Crippen molar-refractivity contribution in [2.24, 2.45) is 4.99 Å². The van der Waals surface area contributed by atoms with Gasteiger partial charge in [-0.25, -0.2) is 4.99 Å². The summed E-state index contributed by atoms with van der Waals surface area (Å²) in [5.41, 5.74) is -0.404. The molecule has 1 aromatic heterocycles. The van der Waals surface area contributed by atoms with Crippen LogP contribution in [0.3, 0.4) is 0 Å². The zero-order valence-electron chi connectivity index (χ0n) is 16.2. The van der Waals surface area contributed by atoms with E-state index in [1.807, 2.05) is 27.7 Å². The first-order valence-corrected chi connectivity index (χ1v) is 9.17. The van der Waals surface area contributed by atoms with Gasteiger partial charge in [-0.1, -0.05) is 20.8 Å². The van der Waals surface area contributed by atoms with E-state index in [0.29, 0.717) is 17.9 Å². The summed E-state index contributed by atoms with van der Waals surface area (Å²) in [5, 5.41) is 0.0757. The van der Waals surface area contributed by atoms with Crippen LogP contribution in [-0.4, -0.2) is 34.2 Å². The molecule has 148 valence electrons. The number of rotatable bonds is 5. The monoisotopic (exact) mass is 400 g/mol. The molecule has 0 atom stereocenters. The van der Waals surface area contributed by atoms with Crippen molar-refractivity contribution in [3.8, 4) is 10.9 Å². The second kappa shape index (κ2) is 7.84. The van der Waals surface area contributed by atoms with Gasteiger partial charge in [0.2, 0.25) is 0 Å². The van der Waals surface area contributed by atoms with E-state index in [9.17, 15) is 13.2 Å². The van der Waals surface area contributed by atoms with E-state index >= 15 is 0 Å². The van der Waals surface area contributed by atoms with Gasteiger partial charge in [-0.2, -0.15) is 22.5 Å². The van der Waals surface area contributed by atoms with Crippen molar-refractivity contribution >= 4 is 23.6 Å². The first-order chi connectivity index (χ1) is 12.4. The maximum Gasteiger partial charge on any atom is 0.420 e. The molecule has 0 saturated heterocycles. The van der Waals surface area contributed by atoms with Crippen LogP contribution < -0.4 is 4.74 Å². The minimum atomic E-state index is -4.58. The molecule has 0 spiro atoms. The van der Waals surface area contributed by atoms with E-state index < -0.39 is 11.7 Å². The molecule has 0 aliphatic carbocycles. The molecule has 0 radical (unpaired) electrons. The molecule has 1 aromatic carbocycles. The minimum Gasteiger partial charge on any atom is -0.429 e. The Bertz CT molecular complexity index is 825. The third-order valence-corrected chi connectivity index (χ3v) is 4.37. The third kappa shape index (κ3) is 5.41. The lowest BCUT2D eigenvalue weighted by Crippen LogP contribution is -2.14. The minimum absolute atomic E-state index is 0.0757. The lowest BCUT2D eigenvalue weighted by molar-refractivity contribution is -0.138. The van der Waals surface area contributed by atoms with Crippen LogP contribution in [0.15, 0.2) is 17.1 Å². The predicted octanol–water partition coefficient (Wildman–Crippen LogP) is 5.57. The van der Waals surface area contributed by atoms with Crippen LogP contribution in [0.5, 0.6) is 10.9 Å². The Balaban J connectivity index is 2.42. The van der Waals surface area contributed by atoms with Crippen molar-refractivity contribution in [1.82, 2.24) is 14.3 Å². The van der Waals surface area contributed by atoms with Gasteiger partial charge in [0.25, 0.3) is 5.19 Å².